The average Bonchev–Trinajstić information content (AvgIpc) is 2.23. The Morgan fingerprint density at radius 2 is 2.07 bits per heavy atom. The second-order valence-electron chi connectivity index (χ2n) is 3.71. The van der Waals surface area contributed by atoms with Crippen LogP contribution in [0.5, 0.6) is 0 Å². The van der Waals surface area contributed by atoms with Crippen LogP contribution < -0.4 is 5.73 Å². The van der Waals surface area contributed by atoms with Gasteiger partial charge in [0.1, 0.15) is 0 Å². The number of hydrogen-bond acceptors (Lipinski definition) is 1. The van der Waals surface area contributed by atoms with Gasteiger partial charge in [0.25, 0.3) is 0 Å². The highest BCUT2D eigenvalue weighted by molar-refractivity contribution is 5.76. The monoisotopic (exact) mass is 185 g/mol. The smallest absolute Gasteiger partial charge is 0.0344 e. The van der Waals surface area contributed by atoms with Gasteiger partial charge in [-0.3, -0.25) is 0 Å². The molecule has 1 aromatic rings. The molecule has 0 fully saturated rings. The molecule has 0 aromatic heterocycles. The highest BCUT2D eigenvalue weighted by Gasteiger charge is 2.02. The highest BCUT2D eigenvalue weighted by atomic mass is 14.5. The zero-order chi connectivity index (χ0) is 9.97. The lowest BCUT2D eigenvalue weighted by Crippen LogP contribution is -1.92. The third-order valence-electron chi connectivity index (χ3n) is 2.60. The summed E-state index contributed by atoms with van der Waals surface area (Å²) < 4.78 is 0. The maximum Gasteiger partial charge on any atom is 0.0344 e. The lowest BCUT2D eigenvalue weighted by Gasteiger charge is -2.09. The summed E-state index contributed by atoms with van der Waals surface area (Å²) >= 11 is 0. The molecular weight excluding hydrogens is 170 g/mol. The Morgan fingerprint density at radius 3 is 2.71 bits per heavy atom. The Morgan fingerprint density at radius 1 is 1.21 bits per heavy atom. The molecule has 0 radical (unpaired) electrons. The van der Waals surface area contributed by atoms with Gasteiger partial charge in [-0.25, -0.2) is 0 Å². The minimum absolute atomic E-state index is 0.870. The quantitative estimate of drug-likeness (QED) is 0.667. The van der Waals surface area contributed by atoms with E-state index in [0.29, 0.717) is 0 Å². The van der Waals surface area contributed by atoms with Crippen LogP contribution in [-0.4, -0.2) is 0 Å². The van der Waals surface area contributed by atoms with Crippen LogP contribution in [0.2, 0.25) is 0 Å². The largest absolute Gasteiger partial charge is 0.399 e. The van der Waals surface area contributed by atoms with Crippen molar-refractivity contribution >= 4 is 11.3 Å². The molecule has 0 unspecified atom stereocenters. The first-order valence-electron chi connectivity index (χ1n) is 5.00. The van der Waals surface area contributed by atoms with Crippen molar-refractivity contribution in [2.75, 3.05) is 5.73 Å². The molecule has 72 valence electrons. The molecule has 1 aromatic carbocycles. The normalized spacial score (nSPS) is 15.4. The van der Waals surface area contributed by atoms with Crippen LogP contribution >= 0.6 is 0 Å². The van der Waals surface area contributed by atoms with E-state index in [1.165, 1.54) is 11.1 Å². The summed E-state index contributed by atoms with van der Waals surface area (Å²) in [5, 5.41) is 0. The number of nitrogens with two attached hydrogens (primary N) is 1. The fraction of sp³-hybridized carbons (Fsp3) is 0.231. The number of nitrogen functional groups attached to an aromatic ring is 1. The van der Waals surface area contributed by atoms with E-state index in [9.17, 15) is 0 Å². The fourth-order valence-corrected chi connectivity index (χ4v) is 1.68. The van der Waals surface area contributed by atoms with E-state index < -0.39 is 0 Å². The Kier molecular flexibility index (Phi) is 2.40. The van der Waals surface area contributed by atoms with Crippen LogP contribution in [0.3, 0.4) is 0 Å². The lowest BCUT2D eigenvalue weighted by atomic mass is 9.98. The zero-order valence-electron chi connectivity index (χ0n) is 8.46. The third kappa shape index (κ3) is 1.72. The fourth-order valence-electron chi connectivity index (χ4n) is 1.68. The molecule has 1 aliphatic rings. The molecule has 0 heterocycles. The molecule has 2 rings (SSSR count). The minimum Gasteiger partial charge on any atom is -0.399 e. The van der Waals surface area contributed by atoms with E-state index in [4.69, 9.17) is 5.73 Å². The number of benzene rings is 1. The third-order valence-corrected chi connectivity index (χ3v) is 2.60. The molecule has 1 heteroatoms. The van der Waals surface area contributed by atoms with Crippen LogP contribution in [0, 0.1) is 6.92 Å². The molecule has 0 amide bonds. The summed E-state index contributed by atoms with van der Waals surface area (Å²) in [5.74, 6) is 0. The summed E-state index contributed by atoms with van der Waals surface area (Å²) in [7, 11) is 0. The number of rotatable bonds is 1. The van der Waals surface area contributed by atoms with Gasteiger partial charge in [-0.2, -0.15) is 0 Å². The molecule has 1 aliphatic carbocycles. The van der Waals surface area contributed by atoms with Crippen molar-refractivity contribution in [2.24, 2.45) is 0 Å². The van der Waals surface area contributed by atoms with E-state index in [2.05, 4.69) is 30.4 Å². The summed E-state index contributed by atoms with van der Waals surface area (Å²) in [6.07, 6.45) is 9.01. The first-order chi connectivity index (χ1) is 6.77. The van der Waals surface area contributed by atoms with Crippen molar-refractivity contribution in [3.8, 4) is 0 Å². The van der Waals surface area contributed by atoms with Crippen LogP contribution in [0.1, 0.15) is 24.0 Å². The van der Waals surface area contributed by atoms with E-state index in [1.54, 1.807) is 0 Å². The molecule has 14 heavy (non-hydrogen) atoms. The molecular formula is C13H15N. The van der Waals surface area contributed by atoms with Gasteiger partial charge < -0.3 is 5.73 Å². The van der Waals surface area contributed by atoms with Crippen LogP contribution in [0.25, 0.3) is 5.57 Å². The van der Waals surface area contributed by atoms with Crippen molar-refractivity contribution in [1.82, 2.24) is 0 Å². The SMILES string of the molecule is Cc1cc(C2=CCCC=C2)ccc1N. The number of allylic oxidation sites excluding steroid dienone is 4. The summed E-state index contributed by atoms with van der Waals surface area (Å²) in [6, 6.07) is 6.22. The average molecular weight is 185 g/mol. The minimum atomic E-state index is 0.870. The topological polar surface area (TPSA) is 26.0 Å². The van der Waals surface area contributed by atoms with E-state index in [1.807, 2.05) is 13.0 Å². The first-order valence-corrected chi connectivity index (χ1v) is 5.00. The van der Waals surface area contributed by atoms with Crippen molar-refractivity contribution in [2.45, 2.75) is 19.8 Å². The highest BCUT2D eigenvalue weighted by Crippen LogP contribution is 2.23. The van der Waals surface area contributed by atoms with Crippen molar-refractivity contribution in [3.05, 3.63) is 47.6 Å². The molecule has 0 aliphatic heterocycles. The van der Waals surface area contributed by atoms with Gasteiger partial charge >= 0.3 is 0 Å². The van der Waals surface area contributed by atoms with Crippen LogP contribution in [0.15, 0.2) is 36.4 Å². The Balaban J connectivity index is 2.37. The second kappa shape index (κ2) is 3.70. The molecule has 0 atom stereocenters. The maximum atomic E-state index is 5.78. The molecule has 0 spiro atoms. The number of aryl methyl sites for hydroxylation is 1. The Labute approximate surface area is 84.9 Å². The maximum absolute atomic E-state index is 5.78. The molecule has 2 N–H and O–H groups in total. The molecule has 0 bridgehead atoms. The summed E-state index contributed by atoms with van der Waals surface area (Å²) in [4.78, 5) is 0. The van der Waals surface area contributed by atoms with Crippen molar-refractivity contribution in [3.63, 3.8) is 0 Å². The summed E-state index contributed by atoms with van der Waals surface area (Å²) in [5.41, 5.74) is 10.4. The van der Waals surface area contributed by atoms with Crippen LogP contribution in [0.4, 0.5) is 5.69 Å². The molecule has 0 saturated heterocycles. The van der Waals surface area contributed by atoms with Gasteiger partial charge in [0.2, 0.25) is 0 Å². The van der Waals surface area contributed by atoms with Gasteiger partial charge in [-0.1, -0.05) is 24.3 Å². The van der Waals surface area contributed by atoms with E-state index in [-0.39, 0.29) is 0 Å². The van der Waals surface area contributed by atoms with Crippen molar-refractivity contribution < 1.29 is 0 Å². The Bertz CT molecular complexity index is 400. The van der Waals surface area contributed by atoms with Gasteiger partial charge in [0.15, 0.2) is 0 Å². The van der Waals surface area contributed by atoms with Crippen LogP contribution in [-0.2, 0) is 0 Å². The first kappa shape index (κ1) is 9.07. The zero-order valence-corrected chi connectivity index (χ0v) is 8.46. The molecule has 1 nitrogen and oxygen atoms in total. The predicted molar refractivity (Wildman–Crippen MR) is 61.9 cm³/mol. The van der Waals surface area contributed by atoms with Crippen molar-refractivity contribution in [1.29, 1.82) is 0 Å². The standard InChI is InChI=1S/C13H15N/c1-10-9-12(7-8-13(10)14)11-5-3-2-4-6-11/h3,5-9H,2,4,14H2,1H3. The lowest BCUT2D eigenvalue weighted by molar-refractivity contribution is 1.04. The molecule has 0 saturated carbocycles. The van der Waals surface area contributed by atoms with Gasteiger partial charge in [-0.15, -0.1) is 0 Å². The van der Waals surface area contributed by atoms with E-state index in [0.717, 1.165) is 24.1 Å². The predicted octanol–water partition coefficient (Wildman–Crippen LogP) is 3.31. The summed E-state index contributed by atoms with van der Waals surface area (Å²) in [6.45, 7) is 2.05. The Hall–Kier alpha value is -1.50. The number of hydrogen-bond donors (Lipinski definition) is 1. The van der Waals surface area contributed by atoms with Gasteiger partial charge in [0.05, 0.1) is 0 Å². The van der Waals surface area contributed by atoms with Gasteiger partial charge in [-0.05, 0) is 48.6 Å². The van der Waals surface area contributed by atoms with E-state index >= 15 is 0 Å². The van der Waals surface area contributed by atoms with Gasteiger partial charge in [0, 0.05) is 5.69 Å². The number of anilines is 1. The second-order valence-corrected chi connectivity index (χ2v) is 3.71.